The van der Waals surface area contributed by atoms with E-state index in [1.807, 2.05) is 27.7 Å². The molecule has 128 valence electrons. The Kier molecular flexibility index (Phi) is 4.99. The summed E-state index contributed by atoms with van der Waals surface area (Å²) in [6.45, 7) is 8.21. The third-order valence-corrected chi connectivity index (χ3v) is 4.07. The van der Waals surface area contributed by atoms with Gasteiger partial charge < -0.3 is 14.7 Å². The van der Waals surface area contributed by atoms with Gasteiger partial charge in [-0.05, 0) is 52.2 Å². The van der Waals surface area contributed by atoms with Gasteiger partial charge in [-0.15, -0.1) is 0 Å². The number of benzene rings is 1. The van der Waals surface area contributed by atoms with E-state index >= 15 is 0 Å². The van der Waals surface area contributed by atoms with Crippen LogP contribution in [-0.2, 0) is 11.2 Å². The molecule has 1 aliphatic rings. The third kappa shape index (κ3) is 4.93. The summed E-state index contributed by atoms with van der Waals surface area (Å²) in [4.78, 5) is 13.6. The Balaban J connectivity index is 1.97. The van der Waals surface area contributed by atoms with Gasteiger partial charge in [-0.2, -0.15) is 0 Å². The van der Waals surface area contributed by atoms with Crippen molar-refractivity contribution >= 4 is 6.09 Å². The summed E-state index contributed by atoms with van der Waals surface area (Å²) in [5.74, 6) is -0.293. The van der Waals surface area contributed by atoms with Crippen LogP contribution in [0, 0.1) is 12.7 Å². The molecule has 1 saturated heterocycles. The van der Waals surface area contributed by atoms with Gasteiger partial charge in [0.2, 0.25) is 0 Å². The van der Waals surface area contributed by atoms with E-state index in [0.29, 0.717) is 31.5 Å². The fourth-order valence-electron chi connectivity index (χ4n) is 2.80. The van der Waals surface area contributed by atoms with Crippen molar-refractivity contribution in [3.05, 3.63) is 35.1 Å². The van der Waals surface area contributed by atoms with Crippen LogP contribution in [0.2, 0.25) is 0 Å². The van der Waals surface area contributed by atoms with E-state index in [0.717, 1.165) is 5.56 Å². The molecule has 1 N–H and O–H groups in total. The van der Waals surface area contributed by atoms with Gasteiger partial charge in [0, 0.05) is 19.5 Å². The number of ether oxygens (including phenoxy) is 1. The van der Waals surface area contributed by atoms with E-state index in [9.17, 15) is 14.3 Å². The minimum Gasteiger partial charge on any atom is -0.444 e. The molecule has 0 radical (unpaired) electrons. The first kappa shape index (κ1) is 17.7. The number of aliphatic hydroxyl groups is 1. The van der Waals surface area contributed by atoms with Crippen LogP contribution in [0.25, 0.3) is 0 Å². The van der Waals surface area contributed by atoms with Crippen molar-refractivity contribution in [1.82, 2.24) is 4.90 Å². The number of hydrogen-bond acceptors (Lipinski definition) is 3. The van der Waals surface area contributed by atoms with Crippen LogP contribution in [0.1, 0.15) is 44.7 Å². The number of likely N-dealkylation sites (tertiary alicyclic amines) is 1. The highest BCUT2D eigenvalue weighted by Crippen LogP contribution is 2.28. The van der Waals surface area contributed by atoms with Crippen molar-refractivity contribution in [2.45, 2.75) is 58.2 Å². The van der Waals surface area contributed by atoms with E-state index in [4.69, 9.17) is 4.74 Å². The van der Waals surface area contributed by atoms with E-state index in [2.05, 4.69) is 0 Å². The second kappa shape index (κ2) is 6.48. The Labute approximate surface area is 137 Å². The maximum atomic E-state index is 13.9. The summed E-state index contributed by atoms with van der Waals surface area (Å²) in [7, 11) is 0. The molecule has 0 unspecified atom stereocenters. The van der Waals surface area contributed by atoms with Gasteiger partial charge in [0.15, 0.2) is 0 Å². The van der Waals surface area contributed by atoms with Gasteiger partial charge in [0.05, 0.1) is 5.60 Å². The molecule has 23 heavy (non-hydrogen) atoms. The largest absolute Gasteiger partial charge is 0.444 e. The van der Waals surface area contributed by atoms with Crippen LogP contribution < -0.4 is 0 Å². The topological polar surface area (TPSA) is 49.8 Å². The first-order valence-corrected chi connectivity index (χ1v) is 8.03. The lowest BCUT2D eigenvalue weighted by Crippen LogP contribution is -2.49. The van der Waals surface area contributed by atoms with Crippen LogP contribution >= 0.6 is 0 Å². The van der Waals surface area contributed by atoms with E-state index in [1.54, 1.807) is 17.0 Å². The second-order valence-corrected chi connectivity index (χ2v) is 7.46. The molecule has 1 aliphatic heterocycles. The Morgan fingerprint density at radius 1 is 1.35 bits per heavy atom. The number of rotatable bonds is 2. The standard InChI is InChI=1S/C18H26FNO3/c1-13-5-6-15(19)14(11-13)12-18(22)7-9-20(10-8-18)16(21)23-17(2,3)4/h5-6,11,22H,7-10,12H2,1-4H3. The average Bonchev–Trinajstić information content (AvgIpc) is 2.41. The van der Waals surface area contributed by atoms with Crippen LogP contribution in [0.15, 0.2) is 18.2 Å². The van der Waals surface area contributed by atoms with Crippen LogP contribution in [0.4, 0.5) is 9.18 Å². The van der Waals surface area contributed by atoms with E-state index in [-0.39, 0.29) is 18.3 Å². The minimum atomic E-state index is -0.979. The van der Waals surface area contributed by atoms with Crippen molar-refractivity contribution in [3.8, 4) is 0 Å². The zero-order valence-corrected chi connectivity index (χ0v) is 14.4. The highest BCUT2D eigenvalue weighted by atomic mass is 19.1. The predicted octanol–water partition coefficient (Wildman–Crippen LogP) is 3.44. The van der Waals surface area contributed by atoms with Crippen molar-refractivity contribution in [2.75, 3.05) is 13.1 Å². The normalized spacial score (nSPS) is 17.9. The van der Waals surface area contributed by atoms with Crippen molar-refractivity contribution in [3.63, 3.8) is 0 Å². The van der Waals surface area contributed by atoms with Crippen LogP contribution in [0.5, 0.6) is 0 Å². The quantitative estimate of drug-likeness (QED) is 0.907. The fourth-order valence-corrected chi connectivity index (χ4v) is 2.80. The summed E-state index contributed by atoms with van der Waals surface area (Å²) in [5.41, 5.74) is -0.0164. The van der Waals surface area contributed by atoms with Crippen LogP contribution in [0.3, 0.4) is 0 Å². The summed E-state index contributed by atoms with van der Waals surface area (Å²) < 4.78 is 19.2. The molecule has 0 atom stereocenters. The zero-order valence-electron chi connectivity index (χ0n) is 14.4. The van der Waals surface area contributed by atoms with Crippen LogP contribution in [-0.4, -0.2) is 40.4 Å². The number of halogens is 1. The Bertz CT molecular complexity index is 572. The number of nitrogens with zero attached hydrogens (tertiary/aromatic N) is 1. The van der Waals surface area contributed by atoms with E-state index in [1.165, 1.54) is 6.07 Å². The molecular formula is C18H26FNO3. The van der Waals surface area contributed by atoms with Gasteiger partial charge >= 0.3 is 6.09 Å². The molecule has 2 rings (SSSR count). The summed E-state index contributed by atoms with van der Waals surface area (Å²) in [6.07, 6.45) is 0.739. The van der Waals surface area contributed by atoms with Crippen molar-refractivity contribution < 1.29 is 19.0 Å². The molecule has 4 nitrogen and oxygen atoms in total. The third-order valence-electron chi connectivity index (χ3n) is 4.07. The highest BCUT2D eigenvalue weighted by Gasteiger charge is 2.36. The lowest BCUT2D eigenvalue weighted by molar-refractivity contribution is -0.0319. The second-order valence-electron chi connectivity index (χ2n) is 7.46. The first-order valence-electron chi connectivity index (χ1n) is 8.03. The van der Waals surface area contributed by atoms with Gasteiger partial charge in [-0.1, -0.05) is 17.7 Å². The molecule has 0 aliphatic carbocycles. The molecule has 1 aromatic rings. The lowest BCUT2D eigenvalue weighted by atomic mass is 9.85. The van der Waals surface area contributed by atoms with Gasteiger partial charge in [0.1, 0.15) is 11.4 Å². The number of hydrogen-bond donors (Lipinski definition) is 1. The molecule has 5 heteroatoms. The maximum absolute atomic E-state index is 13.9. The van der Waals surface area contributed by atoms with Gasteiger partial charge in [-0.25, -0.2) is 9.18 Å². The molecule has 0 saturated carbocycles. The summed E-state index contributed by atoms with van der Waals surface area (Å²) in [5, 5.41) is 10.7. The SMILES string of the molecule is Cc1ccc(F)c(CC2(O)CCN(C(=O)OC(C)(C)C)CC2)c1. The predicted molar refractivity (Wildman–Crippen MR) is 86.8 cm³/mol. The minimum absolute atomic E-state index is 0.267. The molecule has 0 spiro atoms. The maximum Gasteiger partial charge on any atom is 0.410 e. The van der Waals surface area contributed by atoms with Crippen molar-refractivity contribution in [2.24, 2.45) is 0 Å². The average molecular weight is 323 g/mol. The van der Waals surface area contributed by atoms with Crippen molar-refractivity contribution in [1.29, 1.82) is 0 Å². The number of aryl methyl sites for hydroxylation is 1. The smallest absolute Gasteiger partial charge is 0.410 e. The number of carbonyl (C=O) groups is 1. The summed E-state index contributed by atoms with van der Waals surface area (Å²) in [6, 6.07) is 4.92. The highest BCUT2D eigenvalue weighted by molar-refractivity contribution is 5.68. The lowest BCUT2D eigenvalue weighted by Gasteiger charge is -2.38. The fraction of sp³-hybridized carbons (Fsp3) is 0.611. The zero-order chi connectivity index (χ0) is 17.3. The number of piperidine rings is 1. The molecule has 1 amide bonds. The molecule has 1 heterocycles. The Morgan fingerprint density at radius 3 is 2.52 bits per heavy atom. The molecule has 0 aromatic heterocycles. The van der Waals surface area contributed by atoms with Gasteiger partial charge in [0.25, 0.3) is 0 Å². The first-order chi connectivity index (χ1) is 10.6. The molecular weight excluding hydrogens is 297 g/mol. The molecule has 1 aromatic carbocycles. The Morgan fingerprint density at radius 2 is 1.96 bits per heavy atom. The van der Waals surface area contributed by atoms with Gasteiger partial charge in [-0.3, -0.25) is 0 Å². The monoisotopic (exact) mass is 323 g/mol. The summed E-state index contributed by atoms with van der Waals surface area (Å²) >= 11 is 0. The number of amides is 1. The number of carbonyl (C=O) groups excluding carboxylic acids is 1. The van der Waals surface area contributed by atoms with E-state index < -0.39 is 11.2 Å². The Hall–Kier alpha value is -1.62. The molecule has 1 fully saturated rings. The molecule has 0 bridgehead atoms.